The van der Waals surface area contributed by atoms with Crippen molar-refractivity contribution < 1.29 is 29.3 Å². The third-order valence-electron chi connectivity index (χ3n) is 4.69. The van der Waals surface area contributed by atoms with E-state index in [4.69, 9.17) is 9.47 Å². The van der Waals surface area contributed by atoms with Crippen molar-refractivity contribution in [3.8, 4) is 11.5 Å². The average Bonchev–Trinajstić information content (AvgIpc) is 2.72. The smallest absolute Gasteiger partial charge is 0.256 e. The Hall–Kier alpha value is -2.97. The van der Waals surface area contributed by atoms with E-state index >= 15 is 0 Å². The monoisotopic (exact) mass is 400 g/mol. The van der Waals surface area contributed by atoms with Gasteiger partial charge in [0.2, 0.25) is 0 Å². The highest BCUT2D eigenvalue weighted by Crippen LogP contribution is 2.26. The van der Waals surface area contributed by atoms with Gasteiger partial charge >= 0.3 is 0 Å². The van der Waals surface area contributed by atoms with Crippen molar-refractivity contribution >= 4 is 12.2 Å². The molecule has 2 aromatic rings. The van der Waals surface area contributed by atoms with Crippen LogP contribution in [0.15, 0.2) is 36.5 Å². The highest BCUT2D eigenvalue weighted by molar-refractivity contribution is 5.95. The van der Waals surface area contributed by atoms with E-state index in [9.17, 15) is 19.8 Å². The summed E-state index contributed by atoms with van der Waals surface area (Å²) in [6, 6.07) is 7.57. The van der Waals surface area contributed by atoms with Crippen LogP contribution in [0.1, 0.15) is 33.3 Å². The molecule has 2 N–H and O–H groups in total. The van der Waals surface area contributed by atoms with Gasteiger partial charge in [-0.1, -0.05) is 6.07 Å². The van der Waals surface area contributed by atoms with Gasteiger partial charge in [-0.2, -0.15) is 0 Å². The van der Waals surface area contributed by atoms with Crippen molar-refractivity contribution in [2.45, 2.75) is 25.5 Å². The fraction of sp³-hybridized carbons (Fsp3) is 0.381. The molecule has 8 nitrogen and oxygen atoms in total. The van der Waals surface area contributed by atoms with E-state index in [0.29, 0.717) is 30.7 Å². The second-order valence-corrected chi connectivity index (χ2v) is 6.90. The van der Waals surface area contributed by atoms with Gasteiger partial charge in [0.1, 0.15) is 18.1 Å². The van der Waals surface area contributed by atoms with Gasteiger partial charge in [-0.3, -0.25) is 14.6 Å². The first-order valence-electron chi connectivity index (χ1n) is 9.42. The molecule has 1 fully saturated rings. The van der Waals surface area contributed by atoms with E-state index in [-0.39, 0.29) is 48.6 Å². The van der Waals surface area contributed by atoms with E-state index in [2.05, 4.69) is 4.98 Å². The number of amides is 1. The standard InChI is InChI=1S/C21H24N2O6/c1-14(25)10-18-16(4-3-7-22-18)21(27)23-8-9-28-12-15(23)13-29-20-6-2-5-19(26)17(20)11-24/h2-7,11,14-15,25-26H,8-10,12-13H2,1H3. The summed E-state index contributed by atoms with van der Waals surface area (Å²) in [5, 5.41) is 19.5. The first kappa shape index (κ1) is 20.8. The van der Waals surface area contributed by atoms with E-state index in [0.717, 1.165) is 0 Å². The number of aliphatic hydroxyl groups excluding tert-OH is 1. The third kappa shape index (κ3) is 4.90. The molecule has 1 aliphatic heterocycles. The zero-order valence-corrected chi connectivity index (χ0v) is 16.2. The lowest BCUT2D eigenvalue weighted by atomic mass is 10.1. The number of ether oxygens (including phenoxy) is 2. The van der Waals surface area contributed by atoms with Gasteiger partial charge in [-0.05, 0) is 31.2 Å². The largest absolute Gasteiger partial charge is 0.507 e. The first-order valence-corrected chi connectivity index (χ1v) is 9.42. The zero-order valence-electron chi connectivity index (χ0n) is 16.2. The minimum Gasteiger partial charge on any atom is -0.507 e. The Kier molecular flexibility index (Phi) is 6.79. The summed E-state index contributed by atoms with van der Waals surface area (Å²) in [6.07, 6.45) is 1.78. The van der Waals surface area contributed by atoms with Crippen molar-refractivity contribution in [3.63, 3.8) is 0 Å². The van der Waals surface area contributed by atoms with Crippen LogP contribution in [0.4, 0.5) is 0 Å². The van der Waals surface area contributed by atoms with Gasteiger partial charge in [0.15, 0.2) is 6.29 Å². The summed E-state index contributed by atoms with van der Waals surface area (Å²) in [4.78, 5) is 30.3. The molecule has 0 saturated carbocycles. The van der Waals surface area contributed by atoms with Gasteiger partial charge in [0, 0.05) is 19.2 Å². The van der Waals surface area contributed by atoms with Crippen LogP contribution in [-0.4, -0.2) is 70.8 Å². The molecule has 0 bridgehead atoms. The van der Waals surface area contributed by atoms with Crippen molar-refractivity contribution in [1.29, 1.82) is 0 Å². The van der Waals surface area contributed by atoms with Gasteiger partial charge in [-0.15, -0.1) is 0 Å². The molecule has 0 spiro atoms. The van der Waals surface area contributed by atoms with Crippen LogP contribution >= 0.6 is 0 Å². The fourth-order valence-electron chi connectivity index (χ4n) is 3.25. The molecule has 154 valence electrons. The Morgan fingerprint density at radius 1 is 1.41 bits per heavy atom. The number of pyridine rings is 1. The summed E-state index contributed by atoms with van der Waals surface area (Å²) >= 11 is 0. The number of rotatable bonds is 7. The number of morpholine rings is 1. The molecular formula is C21H24N2O6. The number of hydrogen-bond acceptors (Lipinski definition) is 7. The van der Waals surface area contributed by atoms with E-state index in [1.807, 2.05) is 0 Å². The van der Waals surface area contributed by atoms with Gasteiger partial charge in [0.25, 0.3) is 5.91 Å². The molecule has 0 aliphatic carbocycles. The lowest BCUT2D eigenvalue weighted by Gasteiger charge is -2.35. The molecule has 2 atom stereocenters. The van der Waals surface area contributed by atoms with Crippen LogP contribution in [0.5, 0.6) is 11.5 Å². The van der Waals surface area contributed by atoms with Gasteiger partial charge in [0.05, 0.1) is 42.2 Å². The lowest BCUT2D eigenvalue weighted by molar-refractivity contribution is -0.0152. The molecule has 1 aromatic heterocycles. The number of phenols is 1. The predicted molar refractivity (Wildman–Crippen MR) is 104 cm³/mol. The van der Waals surface area contributed by atoms with E-state index in [1.165, 1.54) is 6.07 Å². The Balaban J connectivity index is 1.78. The summed E-state index contributed by atoms with van der Waals surface area (Å²) in [5.74, 6) is -0.130. The Morgan fingerprint density at radius 2 is 2.24 bits per heavy atom. The maximum Gasteiger partial charge on any atom is 0.256 e. The topological polar surface area (TPSA) is 109 Å². The van der Waals surface area contributed by atoms with Crippen LogP contribution in [0.25, 0.3) is 0 Å². The molecule has 1 aromatic carbocycles. The Labute approximate surface area is 168 Å². The molecule has 3 rings (SSSR count). The third-order valence-corrected chi connectivity index (χ3v) is 4.69. The summed E-state index contributed by atoms with van der Waals surface area (Å²) in [7, 11) is 0. The molecular weight excluding hydrogens is 376 g/mol. The second-order valence-electron chi connectivity index (χ2n) is 6.90. The van der Waals surface area contributed by atoms with E-state index in [1.54, 1.807) is 42.3 Å². The highest BCUT2D eigenvalue weighted by atomic mass is 16.5. The van der Waals surface area contributed by atoms with E-state index < -0.39 is 6.10 Å². The lowest BCUT2D eigenvalue weighted by Crippen LogP contribution is -2.51. The van der Waals surface area contributed by atoms with Gasteiger partial charge < -0.3 is 24.6 Å². The normalized spacial score (nSPS) is 17.6. The zero-order chi connectivity index (χ0) is 20.8. The highest BCUT2D eigenvalue weighted by Gasteiger charge is 2.30. The first-order chi connectivity index (χ1) is 14.0. The molecule has 29 heavy (non-hydrogen) atoms. The number of aromatic hydroxyl groups is 1. The number of hydrogen-bond donors (Lipinski definition) is 2. The van der Waals surface area contributed by atoms with Crippen LogP contribution < -0.4 is 4.74 Å². The number of aliphatic hydroxyl groups is 1. The molecule has 1 saturated heterocycles. The summed E-state index contributed by atoms with van der Waals surface area (Å²) in [6.45, 7) is 2.82. The maximum absolute atomic E-state index is 13.2. The number of carbonyl (C=O) groups excluding carboxylic acids is 2. The molecule has 2 unspecified atom stereocenters. The minimum absolute atomic E-state index is 0.0635. The Morgan fingerprint density at radius 3 is 3.00 bits per heavy atom. The Bertz CT molecular complexity index is 870. The number of phenolic OH excluding ortho intramolecular Hbond substituents is 1. The number of aldehydes is 1. The minimum atomic E-state index is -0.618. The molecule has 1 aliphatic rings. The average molecular weight is 400 g/mol. The predicted octanol–water partition coefficient (Wildman–Crippen LogP) is 1.44. The molecule has 2 heterocycles. The van der Waals surface area contributed by atoms with Gasteiger partial charge in [-0.25, -0.2) is 0 Å². The summed E-state index contributed by atoms with van der Waals surface area (Å²) in [5.41, 5.74) is 1.04. The van der Waals surface area contributed by atoms with Crippen molar-refractivity contribution in [2.24, 2.45) is 0 Å². The van der Waals surface area contributed by atoms with Crippen molar-refractivity contribution in [2.75, 3.05) is 26.4 Å². The maximum atomic E-state index is 13.2. The molecule has 0 radical (unpaired) electrons. The van der Waals surface area contributed by atoms with Crippen LogP contribution in [0, 0.1) is 0 Å². The number of nitrogens with zero attached hydrogens (tertiary/aromatic N) is 2. The number of carbonyl (C=O) groups is 2. The van der Waals surface area contributed by atoms with Crippen LogP contribution in [0.3, 0.4) is 0 Å². The fourth-order valence-corrected chi connectivity index (χ4v) is 3.25. The SMILES string of the molecule is CC(O)Cc1ncccc1C(=O)N1CCOCC1COc1cccc(O)c1C=O. The molecule has 1 amide bonds. The van der Waals surface area contributed by atoms with Crippen LogP contribution in [0.2, 0.25) is 0 Å². The number of aromatic nitrogens is 1. The second kappa shape index (κ2) is 9.49. The quantitative estimate of drug-likeness (QED) is 0.677. The molecule has 8 heteroatoms. The van der Waals surface area contributed by atoms with Crippen molar-refractivity contribution in [1.82, 2.24) is 9.88 Å². The number of benzene rings is 1. The van der Waals surface area contributed by atoms with Crippen LogP contribution in [-0.2, 0) is 11.2 Å². The summed E-state index contributed by atoms with van der Waals surface area (Å²) < 4.78 is 11.3. The van der Waals surface area contributed by atoms with Crippen molar-refractivity contribution in [3.05, 3.63) is 53.3 Å².